The Kier molecular flexibility index (Phi) is 9.26. The number of aliphatic carboxylic acids is 2. The lowest BCUT2D eigenvalue weighted by atomic mass is 10.0. The topological polar surface area (TPSA) is 197 Å². The second kappa shape index (κ2) is 12.5. The van der Waals surface area contributed by atoms with Crippen molar-refractivity contribution in [3.63, 3.8) is 0 Å². The van der Waals surface area contributed by atoms with E-state index in [0.717, 1.165) is 4.90 Å². The van der Waals surface area contributed by atoms with E-state index in [4.69, 9.17) is 32.8 Å². The fourth-order valence-electron chi connectivity index (χ4n) is 3.71. The maximum absolute atomic E-state index is 13.1. The van der Waals surface area contributed by atoms with E-state index in [9.17, 15) is 24.3 Å². The molecule has 2 unspecified atom stereocenters. The monoisotopic (exact) mass is 643 g/mol. The third kappa shape index (κ3) is 6.20. The first-order valence-corrected chi connectivity index (χ1v) is 16.1. The van der Waals surface area contributed by atoms with E-state index in [1.54, 1.807) is 6.92 Å². The molecule has 0 aromatic carbocycles. The number of anilines is 1. The van der Waals surface area contributed by atoms with E-state index in [-0.39, 0.29) is 46.8 Å². The first-order chi connectivity index (χ1) is 19.0. The van der Waals surface area contributed by atoms with Gasteiger partial charge in [-0.3, -0.25) is 19.3 Å². The van der Waals surface area contributed by atoms with Gasteiger partial charge in [0.05, 0.1) is 12.1 Å². The Balaban J connectivity index is 1.48. The third-order valence-electron chi connectivity index (χ3n) is 5.50. The van der Waals surface area contributed by atoms with Gasteiger partial charge >= 0.3 is 17.1 Å². The number of nitrogen functional groups attached to an aromatic ring is 1. The normalized spacial score (nSPS) is 19.0. The molecule has 18 heteroatoms. The SMILES string of the molecule is C#CCON=C(C(=O)NC1C(=O)N2C(C(=O)O)=C(CSc3nc(C)c(CC(=O)O)s3)CS[C@H]12)c1c[s+](Cl)c(N)n1. The highest BCUT2D eigenvalue weighted by atomic mass is 35.7. The number of aromatic nitrogens is 2. The molecule has 13 nitrogen and oxygen atoms in total. The van der Waals surface area contributed by atoms with Crippen LogP contribution in [-0.2, 0) is 30.4 Å². The Morgan fingerprint density at radius 1 is 1.43 bits per heavy atom. The summed E-state index contributed by atoms with van der Waals surface area (Å²) in [7, 11) is 5.02. The molecule has 0 aliphatic carbocycles. The zero-order valence-corrected chi connectivity index (χ0v) is 24.5. The standard InChI is InChI=1S/C22H19ClN6O7S4/c1-3-4-36-28-14(11-8-40(23)21(24)26-11)17(32)27-15-18(33)29-16(20(34)35)10(6-37-19(15)29)7-38-22-25-9(2)12(39-22)5-13(30)31/h1,8,15,19H,4-7H2,2H3,(H4-,24,26,27,30,31,32,34,35)/p+1/t15?,19-,40?/m1/s1. The van der Waals surface area contributed by atoms with Crippen LogP contribution in [0.2, 0.25) is 0 Å². The van der Waals surface area contributed by atoms with Crippen LogP contribution in [0.15, 0.2) is 26.1 Å². The number of β-lactam (4-membered cyclic amide) rings is 1. The Hall–Kier alpha value is -3.30. The van der Waals surface area contributed by atoms with E-state index < -0.39 is 44.9 Å². The molecule has 3 atom stereocenters. The Morgan fingerprint density at radius 2 is 2.17 bits per heavy atom. The van der Waals surface area contributed by atoms with Crippen molar-refractivity contribution in [3.8, 4) is 12.3 Å². The van der Waals surface area contributed by atoms with E-state index in [0.29, 0.717) is 20.5 Å². The molecular formula is C22H20ClN6O7S4+. The summed E-state index contributed by atoms with van der Waals surface area (Å²) in [5.74, 6) is -0.918. The van der Waals surface area contributed by atoms with Crippen LogP contribution in [0, 0.1) is 19.3 Å². The first kappa shape index (κ1) is 29.7. The average Bonchev–Trinajstić information content (AvgIpc) is 3.42. The molecule has 4 heterocycles. The average molecular weight is 644 g/mol. The van der Waals surface area contributed by atoms with Crippen LogP contribution < -0.4 is 11.1 Å². The molecule has 0 radical (unpaired) electrons. The lowest BCUT2D eigenvalue weighted by Gasteiger charge is -2.49. The second-order valence-corrected chi connectivity index (χ2v) is 13.8. The molecular weight excluding hydrogens is 624 g/mol. The number of nitrogens with one attached hydrogen (secondary N) is 1. The Bertz CT molecular complexity index is 1480. The van der Waals surface area contributed by atoms with Crippen LogP contribution in [0.3, 0.4) is 0 Å². The number of nitrogens with zero attached hydrogens (tertiary/aromatic N) is 4. The summed E-state index contributed by atoms with van der Waals surface area (Å²) < 4.78 is 0.598. The Labute approximate surface area is 246 Å². The highest BCUT2D eigenvalue weighted by Gasteiger charge is 2.54. The molecule has 1 saturated heterocycles. The largest absolute Gasteiger partial charge is 0.481 e. The van der Waals surface area contributed by atoms with Gasteiger partial charge in [0.1, 0.15) is 26.8 Å². The minimum Gasteiger partial charge on any atom is -0.481 e. The van der Waals surface area contributed by atoms with Crippen molar-refractivity contribution in [1.29, 1.82) is 0 Å². The number of hydrogen-bond donors (Lipinski definition) is 4. The van der Waals surface area contributed by atoms with Crippen LogP contribution in [0.1, 0.15) is 16.3 Å². The molecule has 0 bridgehead atoms. The number of fused-ring (bicyclic) bond motifs is 1. The van der Waals surface area contributed by atoms with E-state index in [1.807, 2.05) is 0 Å². The molecule has 2 aliphatic heterocycles. The summed E-state index contributed by atoms with van der Waals surface area (Å²) in [6.45, 7) is 1.49. The summed E-state index contributed by atoms with van der Waals surface area (Å²) in [6, 6.07) is -1.03. The van der Waals surface area contributed by atoms with Crippen LogP contribution >= 0.6 is 55.2 Å². The number of carboxylic acid groups (broad SMARTS) is 2. The van der Waals surface area contributed by atoms with Crippen LogP contribution in [0.5, 0.6) is 0 Å². The summed E-state index contributed by atoms with van der Waals surface area (Å²) in [5, 5.41) is 26.1. The quantitative estimate of drug-likeness (QED) is 0.0526. The molecule has 2 amide bonds. The van der Waals surface area contributed by atoms with Gasteiger partial charge in [-0.2, -0.15) is 4.98 Å². The molecule has 4 rings (SSSR count). The van der Waals surface area contributed by atoms with Crippen molar-refractivity contribution in [2.75, 3.05) is 23.8 Å². The van der Waals surface area contributed by atoms with Crippen LogP contribution in [0.4, 0.5) is 5.13 Å². The second-order valence-electron chi connectivity index (χ2n) is 8.12. The number of terminal acetylenes is 1. The number of thioether (sulfide) groups is 2. The smallest absolute Gasteiger partial charge is 0.357 e. The van der Waals surface area contributed by atoms with Gasteiger partial charge in [-0.15, -0.1) is 29.5 Å². The predicted molar refractivity (Wildman–Crippen MR) is 152 cm³/mol. The number of thiazole rings is 2. The number of carboxylic acids is 2. The molecule has 2 aliphatic rings. The fraction of sp³-hybridized carbons (Fsp3) is 0.318. The minimum atomic E-state index is -1.28. The van der Waals surface area contributed by atoms with Crippen molar-refractivity contribution < 1.29 is 34.2 Å². The van der Waals surface area contributed by atoms with Crippen molar-refractivity contribution in [2.45, 2.75) is 29.1 Å². The molecule has 210 valence electrons. The predicted octanol–water partition coefficient (Wildman–Crippen LogP) is 1.69. The summed E-state index contributed by atoms with van der Waals surface area (Å²) in [5.41, 5.74) is 6.45. The van der Waals surface area contributed by atoms with Gasteiger partial charge in [-0.25, -0.2) is 9.78 Å². The van der Waals surface area contributed by atoms with Crippen molar-refractivity contribution in [2.24, 2.45) is 5.16 Å². The minimum absolute atomic E-state index is 0.0552. The zero-order chi connectivity index (χ0) is 29.1. The molecule has 1 fully saturated rings. The summed E-state index contributed by atoms with van der Waals surface area (Å²) in [6.07, 6.45) is 5.02. The maximum Gasteiger partial charge on any atom is 0.357 e. The van der Waals surface area contributed by atoms with Gasteiger partial charge in [0.25, 0.3) is 11.8 Å². The van der Waals surface area contributed by atoms with Crippen molar-refractivity contribution in [3.05, 3.63) is 32.9 Å². The Morgan fingerprint density at radius 3 is 2.80 bits per heavy atom. The molecule has 2 aromatic heterocycles. The number of carbonyl (C=O) groups excluding carboxylic acids is 2. The number of carbonyl (C=O) groups is 4. The van der Waals surface area contributed by atoms with E-state index in [1.165, 1.54) is 40.2 Å². The molecule has 0 spiro atoms. The van der Waals surface area contributed by atoms with E-state index >= 15 is 0 Å². The highest BCUT2D eigenvalue weighted by Crippen LogP contribution is 2.42. The van der Waals surface area contributed by atoms with E-state index in [2.05, 4.69) is 26.4 Å². The van der Waals surface area contributed by atoms with Crippen LogP contribution in [-0.4, -0.2) is 84.1 Å². The van der Waals surface area contributed by atoms with Gasteiger partial charge in [0, 0.05) is 16.4 Å². The highest BCUT2D eigenvalue weighted by molar-refractivity contribution is 8.01. The van der Waals surface area contributed by atoms with Gasteiger partial charge in [-0.1, -0.05) is 22.8 Å². The number of oxime groups is 1. The number of hydrogen-bond acceptors (Lipinski definition) is 12. The summed E-state index contributed by atoms with van der Waals surface area (Å²) in [4.78, 5) is 64.5. The number of nitrogens with two attached hydrogens (primary N) is 1. The van der Waals surface area contributed by atoms with Gasteiger partial charge in [0.2, 0.25) is 10.7 Å². The number of amides is 2. The first-order valence-electron chi connectivity index (χ1n) is 11.1. The van der Waals surface area contributed by atoms with Gasteiger partial charge in [-0.05, 0) is 12.5 Å². The summed E-state index contributed by atoms with van der Waals surface area (Å²) >= 11 is 3.80. The zero-order valence-electron chi connectivity index (χ0n) is 20.5. The molecule has 0 saturated carbocycles. The van der Waals surface area contributed by atoms with Crippen LogP contribution in [0.25, 0.3) is 0 Å². The lowest BCUT2D eigenvalue weighted by molar-refractivity contribution is -0.150. The fourth-order valence-corrected chi connectivity index (χ4v) is 8.44. The van der Waals surface area contributed by atoms with Gasteiger partial charge < -0.3 is 26.1 Å². The van der Waals surface area contributed by atoms with Crippen molar-refractivity contribution >= 4 is 89.8 Å². The molecule has 40 heavy (non-hydrogen) atoms. The molecule has 2 aromatic rings. The van der Waals surface area contributed by atoms with Gasteiger partial charge in [0.15, 0.2) is 27.7 Å². The lowest BCUT2D eigenvalue weighted by Crippen LogP contribution is -2.71. The third-order valence-corrected chi connectivity index (χ3v) is 10.9. The maximum atomic E-state index is 13.1. The number of rotatable bonds is 11. The van der Waals surface area contributed by atoms with Crippen molar-refractivity contribution in [1.82, 2.24) is 20.2 Å². The molecule has 5 N–H and O–H groups in total. The number of aryl methyl sites for hydroxylation is 1. The number of halogens is 1.